The van der Waals surface area contributed by atoms with Gasteiger partial charge in [-0.2, -0.15) is 0 Å². The lowest BCUT2D eigenvalue weighted by Gasteiger charge is -2.11. The van der Waals surface area contributed by atoms with E-state index in [0.717, 1.165) is 21.9 Å². The first-order valence-electron chi connectivity index (χ1n) is 9.33. The van der Waals surface area contributed by atoms with Gasteiger partial charge in [-0.25, -0.2) is 0 Å². The second kappa shape index (κ2) is 10.3. The Morgan fingerprint density at radius 3 is 2.53 bits per heavy atom. The molecule has 0 fully saturated rings. The molecule has 8 heteroatoms. The number of carbonyl (C=O) groups is 2. The van der Waals surface area contributed by atoms with Crippen LogP contribution in [-0.4, -0.2) is 35.2 Å². The number of rotatable bonds is 8. The van der Waals surface area contributed by atoms with Crippen LogP contribution in [0.5, 0.6) is 5.75 Å². The fourth-order valence-corrected chi connectivity index (χ4v) is 3.35. The van der Waals surface area contributed by atoms with Crippen molar-refractivity contribution < 1.29 is 14.3 Å². The molecular weight excluding hydrogens is 400 g/mol. The van der Waals surface area contributed by atoms with Crippen molar-refractivity contribution >= 4 is 34.4 Å². The van der Waals surface area contributed by atoms with Crippen LogP contribution < -0.4 is 15.4 Å². The Morgan fingerprint density at radius 1 is 1.10 bits per heavy atom. The Bertz CT molecular complexity index is 1020. The average Bonchev–Trinajstić information content (AvgIpc) is 3.19. The first kappa shape index (κ1) is 21.2. The van der Waals surface area contributed by atoms with Gasteiger partial charge in [0.05, 0.1) is 7.11 Å². The number of nitrogens with one attached hydrogen (secondary N) is 2. The van der Waals surface area contributed by atoms with Crippen molar-refractivity contribution in [2.45, 2.75) is 19.4 Å². The van der Waals surface area contributed by atoms with Gasteiger partial charge >= 0.3 is 0 Å². The number of methoxy groups -OCH3 is 1. The molecule has 1 heterocycles. The first-order valence-corrected chi connectivity index (χ1v) is 10.1. The molecule has 0 saturated heterocycles. The number of amides is 2. The summed E-state index contributed by atoms with van der Waals surface area (Å²) in [5.74, 6) is 0.0182. The molecule has 0 saturated carbocycles. The van der Waals surface area contributed by atoms with Crippen LogP contribution in [0.15, 0.2) is 60.7 Å². The third kappa shape index (κ3) is 6.25. The number of hydrogen-bond acceptors (Lipinski definition) is 6. The highest BCUT2D eigenvalue weighted by molar-refractivity contribution is 7.15. The van der Waals surface area contributed by atoms with Crippen LogP contribution in [0.3, 0.4) is 0 Å². The first-order chi connectivity index (χ1) is 14.5. The Balaban J connectivity index is 1.49. The van der Waals surface area contributed by atoms with E-state index < -0.39 is 6.04 Å². The predicted molar refractivity (Wildman–Crippen MR) is 117 cm³/mol. The van der Waals surface area contributed by atoms with Gasteiger partial charge < -0.3 is 10.1 Å². The van der Waals surface area contributed by atoms with E-state index >= 15 is 0 Å². The molecule has 0 aliphatic heterocycles. The van der Waals surface area contributed by atoms with E-state index in [1.807, 2.05) is 54.6 Å². The van der Waals surface area contributed by atoms with E-state index in [1.54, 1.807) is 20.1 Å². The summed E-state index contributed by atoms with van der Waals surface area (Å²) in [4.78, 5) is 24.4. The minimum atomic E-state index is -0.723. The predicted octanol–water partition coefficient (Wildman–Crippen LogP) is 3.29. The highest BCUT2D eigenvalue weighted by Crippen LogP contribution is 2.18. The summed E-state index contributed by atoms with van der Waals surface area (Å²) in [5.41, 5.74) is 1.97. The molecule has 154 valence electrons. The number of nitrogens with zero attached hydrogens (tertiary/aromatic N) is 2. The molecule has 1 aromatic heterocycles. The van der Waals surface area contributed by atoms with Gasteiger partial charge in [0.15, 0.2) is 0 Å². The quantitative estimate of drug-likeness (QED) is 0.544. The van der Waals surface area contributed by atoms with Crippen molar-refractivity contribution in [2.75, 3.05) is 12.4 Å². The summed E-state index contributed by atoms with van der Waals surface area (Å²) in [5, 5.41) is 14.6. The van der Waals surface area contributed by atoms with E-state index in [4.69, 9.17) is 4.74 Å². The van der Waals surface area contributed by atoms with E-state index in [2.05, 4.69) is 20.8 Å². The minimum absolute atomic E-state index is 0.358. The molecule has 3 aromatic rings. The molecule has 1 atom stereocenters. The normalized spacial score (nSPS) is 11.8. The topological polar surface area (TPSA) is 93.2 Å². The second-order valence-corrected chi connectivity index (χ2v) is 7.55. The number of benzene rings is 2. The molecule has 0 spiro atoms. The molecular formula is C22H22N4O3S. The molecule has 3 rings (SSSR count). The van der Waals surface area contributed by atoms with E-state index in [1.165, 1.54) is 17.4 Å². The Hall–Kier alpha value is -3.52. The maximum atomic E-state index is 12.3. The summed E-state index contributed by atoms with van der Waals surface area (Å²) >= 11 is 1.31. The zero-order chi connectivity index (χ0) is 21.3. The monoisotopic (exact) mass is 422 g/mol. The van der Waals surface area contributed by atoms with Crippen molar-refractivity contribution in [1.29, 1.82) is 0 Å². The van der Waals surface area contributed by atoms with Crippen LogP contribution in [0.4, 0.5) is 5.13 Å². The molecule has 0 radical (unpaired) electrons. The fourth-order valence-electron chi connectivity index (χ4n) is 2.57. The maximum absolute atomic E-state index is 12.3. The van der Waals surface area contributed by atoms with Crippen LogP contribution in [-0.2, 0) is 16.0 Å². The van der Waals surface area contributed by atoms with Gasteiger partial charge in [-0.05, 0) is 36.3 Å². The van der Waals surface area contributed by atoms with Crippen LogP contribution >= 0.6 is 11.3 Å². The van der Waals surface area contributed by atoms with Crippen molar-refractivity contribution in [3.8, 4) is 5.75 Å². The highest BCUT2D eigenvalue weighted by atomic mass is 32.1. The van der Waals surface area contributed by atoms with Gasteiger partial charge in [0, 0.05) is 12.5 Å². The lowest BCUT2D eigenvalue weighted by Crippen LogP contribution is -2.40. The average molecular weight is 423 g/mol. The van der Waals surface area contributed by atoms with E-state index in [9.17, 15) is 9.59 Å². The third-order valence-electron chi connectivity index (χ3n) is 4.19. The SMILES string of the molecule is COc1ccc(/C=C/C(=O)NC(C)C(=O)Nc2nnc(Cc3ccccc3)s2)cc1. The van der Waals surface area contributed by atoms with Crippen molar-refractivity contribution in [3.05, 3.63) is 76.8 Å². The summed E-state index contributed by atoms with van der Waals surface area (Å²) < 4.78 is 5.10. The smallest absolute Gasteiger partial charge is 0.248 e. The number of carbonyl (C=O) groups excluding carboxylic acids is 2. The molecule has 1 unspecified atom stereocenters. The minimum Gasteiger partial charge on any atom is -0.497 e. The fraction of sp³-hybridized carbons (Fsp3) is 0.182. The summed E-state index contributed by atoms with van der Waals surface area (Å²) in [6.45, 7) is 1.61. The molecule has 2 aromatic carbocycles. The van der Waals surface area contributed by atoms with E-state index in [0.29, 0.717) is 11.6 Å². The van der Waals surface area contributed by atoms with Crippen LogP contribution in [0, 0.1) is 0 Å². The van der Waals surface area contributed by atoms with Gasteiger partial charge in [0.1, 0.15) is 16.8 Å². The Kier molecular flexibility index (Phi) is 7.29. The summed E-state index contributed by atoms with van der Waals surface area (Å²) in [7, 11) is 1.59. The molecule has 0 aliphatic carbocycles. The van der Waals surface area contributed by atoms with Crippen molar-refractivity contribution in [3.63, 3.8) is 0 Å². The second-order valence-electron chi connectivity index (χ2n) is 6.49. The van der Waals surface area contributed by atoms with E-state index in [-0.39, 0.29) is 11.8 Å². The van der Waals surface area contributed by atoms with Gasteiger partial charge in [-0.1, -0.05) is 53.8 Å². The zero-order valence-corrected chi connectivity index (χ0v) is 17.5. The lowest BCUT2D eigenvalue weighted by molar-refractivity contribution is -0.123. The highest BCUT2D eigenvalue weighted by Gasteiger charge is 2.16. The summed E-state index contributed by atoms with van der Waals surface area (Å²) in [6.07, 6.45) is 3.70. The number of aromatic nitrogens is 2. The van der Waals surface area contributed by atoms with Gasteiger partial charge in [0.2, 0.25) is 16.9 Å². The molecule has 2 N–H and O–H groups in total. The van der Waals surface area contributed by atoms with Gasteiger partial charge in [-0.3, -0.25) is 14.9 Å². The maximum Gasteiger partial charge on any atom is 0.248 e. The lowest BCUT2D eigenvalue weighted by atomic mass is 10.2. The molecule has 0 aliphatic rings. The number of ether oxygens (including phenoxy) is 1. The third-order valence-corrected chi connectivity index (χ3v) is 5.03. The van der Waals surface area contributed by atoms with Gasteiger partial charge in [0.25, 0.3) is 0 Å². The Labute approximate surface area is 178 Å². The Morgan fingerprint density at radius 2 is 1.83 bits per heavy atom. The number of anilines is 1. The van der Waals surface area contributed by atoms with Gasteiger partial charge in [-0.15, -0.1) is 10.2 Å². The van der Waals surface area contributed by atoms with Crippen molar-refractivity contribution in [1.82, 2.24) is 15.5 Å². The van der Waals surface area contributed by atoms with Crippen LogP contribution in [0.2, 0.25) is 0 Å². The molecule has 0 bridgehead atoms. The molecule has 7 nitrogen and oxygen atoms in total. The standard InChI is InChI=1S/C22H22N4O3S/c1-15(23-19(27)13-10-16-8-11-18(29-2)12-9-16)21(28)24-22-26-25-20(30-22)14-17-6-4-3-5-7-17/h3-13,15H,14H2,1-2H3,(H,23,27)(H,24,26,28)/b13-10+. The summed E-state index contributed by atoms with van der Waals surface area (Å²) in [6, 6.07) is 16.5. The van der Waals surface area contributed by atoms with Crippen LogP contribution in [0.25, 0.3) is 6.08 Å². The number of hydrogen-bond donors (Lipinski definition) is 2. The van der Waals surface area contributed by atoms with Crippen LogP contribution in [0.1, 0.15) is 23.1 Å². The van der Waals surface area contributed by atoms with Crippen molar-refractivity contribution in [2.24, 2.45) is 0 Å². The molecule has 2 amide bonds. The molecule has 30 heavy (non-hydrogen) atoms. The zero-order valence-electron chi connectivity index (χ0n) is 16.7. The largest absolute Gasteiger partial charge is 0.497 e.